The average Bonchev–Trinajstić information content (AvgIpc) is 3.10. The molecular weight excluding hydrogens is 434 g/mol. The fraction of sp³-hybridized carbons (Fsp3) is 0.0800. The van der Waals surface area contributed by atoms with Crippen molar-refractivity contribution in [3.05, 3.63) is 121 Å². The Morgan fingerprint density at radius 2 is 1.65 bits per heavy atom. The van der Waals surface area contributed by atoms with Crippen LogP contribution in [-0.2, 0) is 6.54 Å². The normalized spacial score (nSPS) is 11.6. The molecule has 0 saturated heterocycles. The summed E-state index contributed by atoms with van der Waals surface area (Å²) in [5, 5.41) is 16.5. The molecular formula is C25H19N5O4. The summed E-state index contributed by atoms with van der Waals surface area (Å²) in [6.07, 6.45) is 1.52. The molecule has 5 aromatic rings. The van der Waals surface area contributed by atoms with Crippen LogP contribution in [0.5, 0.6) is 0 Å². The molecule has 0 atom stereocenters. The number of benzene rings is 3. The second-order valence-corrected chi connectivity index (χ2v) is 7.86. The average molecular weight is 453 g/mol. The highest BCUT2D eigenvalue weighted by Crippen LogP contribution is 2.26. The van der Waals surface area contributed by atoms with Gasteiger partial charge >= 0.3 is 5.69 Å². The van der Waals surface area contributed by atoms with Crippen LogP contribution in [0.1, 0.15) is 16.8 Å². The maximum atomic E-state index is 12.8. The molecule has 5 rings (SSSR count). The number of H-pyrrole nitrogens is 1. The SMILES string of the molecule is Cc1c(C=Nn2c(=O)[nH]c3ccccc3c2=O)c2ccccc2n1Cc1ccc([N+](=O)[O-])cc1. The Hall–Kier alpha value is -4.79. The summed E-state index contributed by atoms with van der Waals surface area (Å²) in [7, 11) is 0. The van der Waals surface area contributed by atoms with Gasteiger partial charge in [-0.2, -0.15) is 5.10 Å². The number of para-hydroxylation sites is 2. The predicted molar refractivity (Wildman–Crippen MR) is 131 cm³/mol. The molecule has 0 saturated carbocycles. The van der Waals surface area contributed by atoms with E-state index in [1.54, 1.807) is 36.4 Å². The summed E-state index contributed by atoms with van der Waals surface area (Å²) in [6.45, 7) is 2.43. The number of fused-ring (bicyclic) bond motifs is 2. The number of rotatable bonds is 5. The lowest BCUT2D eigenvalue weighted by Crippen LogP contribution is -2.32. The molecule has 0 amide bonds. The Morgan fingerprint density at radius 3 is 2.38 bits per heavy atom. The van der Waals surface area contributed by atoms with Crippen LogP contribution in [0.15, 0.2) is 87.5 Å². The zero-order chi connectivity index (χ0) is 23.8. The van der Waals surface area contributed by atoms with Crippen molar-refractivity contribution < 1.29 is 4.92 Å². The number of nitrogens with one attached hydrogen (secondary N) is 1. The molecule has 0 fully saturated rings. The van der Waals surface area contributed by atoms with Crippen molar-refractivity contribution >= 4 is 33.7 Å². The van der Waals surface area contributed by atoms with Crippen molar-refractivity contribution in [1.82, 2.24) is 14.2 Å². The van der Waals surface area contributed by atoms with Crippen LogP contribution >= 0.6 is 0 Å². The Labute approximate surface area is 192 Å². The van der Waals surface area contributed by atoms with Gasteiger partial charge < -0.3 is 9.55 Å². The Kier molecular flexibility index (Phi) is 5.14. The fourth-order valence-electron chi connectivity index (χ4n) is 4.10. The summed E-state index contributed by atoms with van der Waals surface area (Å²) in [6, 6.07) is 21.0. The Morgan fingerprint density at radius 1 is 0.971 bits per heavy atom. The number of nitrogens with zero attached hydrogens (tertiary/aromatic N) is 4. The highest BCUT2D eigenvalue weighted by Gasteiger charge is 2.14. The first-order valence-corrected chi connectivity index (χ1v) is 10.5. The summed E-state index contributed by atoms with van der Waals surface area (Å²) in [4.78, 5) is 38.5. The molecule has 34 heavy (non-hydrogen) atoms. The van der Waals surface area contributed by atoms with Gasteiger partial charge in [0.25, 0.3) is 11.2 Å². The standard InChI is InChI=1S/C25H19N5O4/c1-16-21(14-26-29-24(31)20-7-2-4-8-22(20)27-25(29)32)19-6-3-5-9-23(19)28(16)15-17-10-12-18(13-11-17)30(33)34/h2-14H,15H2,1H3,(H,27,32). The summed E-state index contributed by atoms with van der Waals surface area (Å²) in [5.74, 6) is 0. The topological polar surface area (TPSA) is 115 Å². The van der Waals surface area contributed by atoms with Crippen LogP contribution in [0.25, 0.3) is 21.8 Å². The molecule has 2 aromatic heterocycles. The van der Waals surface area contributed by atoms with E-state index in [4.69, 9.17) is 0 Å². The van der Waals surface area contributed by atoms with E-state index in [1.807, 2.05) is 31.2 Å². The third-order valence-electron chi connectivity index (χ3n) is 5.85. The fourth-order valence-corrected chi connectivity index (χ4v) is 4.10. The van der Waals surface area contributed by atoms with Crippen LogP contribution in [-0.4, -0.2) is 25.4 Å². The van der Waals surface area contributed by atoms with Gasteiger partial charge in [0.15, 0.2) is 0 Å². The van der Waals surface area contributed by atoms with Gasteiger partial charge in [-0.25, -0.2) is 4.79 Å². The van der Waals surface area contributed by atoms with E-state index in [2.05, 4.69) is 14.7 Å². The third-order valence-corrected chi connectivity index (χ3v) is 5.85. The second-order valence-electron chi connectivity index (χ2n) is 7.86. The van der Waals surface area contributed by atoms with Crippen LogP contribution < -0.4 is 11.2 Å². The van der Waals surface area contributed by atoms with Crippen molar-refractivity contribution in [1.29, 1.82) is 0 Å². The quantitative estimate of drug-likeness (QED) is 0.248. The van der Waals surface area contributed by atoms with Crippen molar-refractivity contribution in [2.75, 3.05) is 0 Å². The lowest BCUT2D eigenvalue weighted by Gasteiger charge is -2.08. The Balaban J connectivity index is 1.59. The summed E-state index contributed by atoms with van der Waals surface area (Å²) < 4.78 is 2.90. The van der Waals surface area contributed by atoms with Gasteiger partial charge in [-0.3, -0.25) is 14.9 Å². The zero-order valence-corrected chi connectivity index (χ0v) is 18.1. The molecule has 0 bridgehead atoms. The second kappa shape index (κ2) is 8.28. The molecule has 1 N–H and O–H groups in total. The van der Waals surface area contributed by atoms with E-state index < -0.39 is 16.2 Å². The van der Waals surface area contributed by atoms with Gasteiger partial charge in [0.1, 0.15) is 0 Å². The molecule has 9 nitrogen and oxygen atoms in total. The van der Waals surface area contributed by atoms with Crippen molar-refractivity contribution in [3.8, 4) is 0 Å². The molecule has 0 radical (unpaired) electrons. The number of nitro groups is 1. The largest absolute Gasteiger partial charge is 0.349 e. The van der Waals surface area contributed by atoms with E-state index >= 15 is 0 Å². The van der Waals surface area contributed by atoms with Crippen molar-refractivity contribution in [3.63, 3.8) is 0 Å². The van der Waals surface area contributed by atoms with Gasteiger partial charge in [-0.1, -0.05) is 42.5 Å². The maximum Gasteiger partial charge on any atom is 0.349 e. The first-order chi connectivity index (χ1) is 16.4. The zero-order valence-electron chi connectivity index (χ0n) is 18.1. The number of aromatic amines is 1. The molecule has 3 aromatic carbocycles. The van der Waals surface area contributed by atoms with E-state index in [9.17, 15) is 19.7 Å². The first-order valence-electron chi connectivity index (χ1n) is 10.5. The van der Waals surface area contributed by atoms with Crippen LogP contribution in [0.4, 0.5) is 5.69 Å². The van der Waals surface area contributed by atoms with E-state index in [-0.39, 0.29) is 5.69 Å². The Bertz CT molecular complexity index is 1710. The first kappa shape index (κ1) is 21.1. The number of hydrogen-bond donors (Lipinski definition) is 1. The van der Waals surface area contributed by atoms with E-state index in [0.717, 1.165) is 32.4 Å². The molecule has 0 spiro atoms. The molecule has 2 heterocycles. The van der Waals surface area contributed by atoms with Crippen LogP contribution in [0, 0.1) is 17.0 Å². The minimum absolute atomic E-state index is 0.0386. The number of non-ortho nitro benzene ring substituents is 1. The van der Waals surface area contributed by atoms with Gasteiger partial charge in [0, 0.05) is 40.8 Å². The van der Waals surface area contributed by atoms with Gasteiger partial charge in [-0.15, -0.1) is 4.68 Å². The monoisotopic (exact) mass is 453 g/mol. The van der Waals surface area contributed by atoms with E-state index in [0.29, 0.717) is 17.4 Å². The molecule has 0 aliphatic carbocycles. The molecule has 168 valence electrons. The van der Waals surface area contributed by atoms with Crippen LogP contribution in [0.3, 0.4) is 0 Å². The molecule has 0 aliphatic rings. The molecule has 0 unspecified atom stereocenters. The van der Waals surface area contributed by atoms with Gasteiger partial charge in [-0.05, 0) is 30.7 Å². The summed E-state index contributed by atoms with van der Waals surface area (Å²) >= 11 is 0. The van der Waals surface area contributed by atoms with Gasteiger partial charge in [0.05, 0.1) is 22.0 Å². The van der Waals surface area contributed by atoms with E-state index in [1.165, 1.54) is 18.3 Å². The smallest absolute Gasteiger partial charge is 0.340 e. The highest BCUT2D eigenvalue weighted by atomic mass is 16.6. The number of aromatic nitrogens is 3. The van der Waals surface area contributed by atoms with Crippen molar-refractivity contribution in [2.24, 2.45) is 5.10 Å². The third kappa shape index (κ3) is 3.58. The highest BCUT2D eigenvalue weighted by molar-refractivity contribution is 6.01. The maximum absolute atomic E-state index is 12.8. The molecule has 9 heteroatoms. The number of hydrogen-bond acceptors (Lipinski definition) is 5. The minimum Gasteiger partial charge on any atom is -0.340 e. The lowest BCUT2D eigenvalue weighted by molar-refractivity contribution is -0.384. The van der Waals surface area contributed by atoms with Crippen molar-refractivity contribution in [2.45, 2.75) is 13.5 Å². The molecule has 0 aliphatic heterocycles. The van der Waals surface area contributed by atoms with Crippen LogP contribution in [0.2, 0.25) is 0 Å². The lowest BCUT2D eigenvalue weighted by atomic mass is 10.1. The van der Waals surface area contributed by atoms with Gasteiger partial charge in [0.2, 0.25) is 0 Å². The summed E-state index contributed by atoms with van der Waals surface area (Å²) in [5.41, 5.74) is 2.89. The minimum atomic E-state index is -0.618. The number of nitro benzene ring substituents is 1. The predicted octanol–water partition coefficient (Wildman–Crippen LogP) is 3.79.